The molecule has 0 saturated heterocycles. The number of carbonyl (C=O) groups excluding carboxylic acids is 2. The van der Waals surface area contributed by atoms with Crippen molar-refractivity contribution in [2.75, 3.05) is 5.32 Å². The summed E-state index contributed by atoms with van der Waals surface area (Å²) in [5.74, 6) is -0.357. The molecule has 1 N–H and O–H groups in total. The van der Waals surface area contributed by atoms with E-state index in [4.69, 9.17) is 4.84 Å². The standard InChI is InChI=1S/C18H14FN5O3S/c1-11(25)12-3-5-13(6-4-12)16(17(26)23-18-22-9-14(19)28-18)24-27-10-15-20-7-2-8-21-15/h2-9H,10H2,1H3,(H,22,23,26)/b24-16-. The lowest BCUT2D eigenvalue weighted by molar-refractivity contribution is -0.110. The molecule has 2 heterocycles. The normalized spacial score (nSPS) is 11.1. The van der Waals surface area contributed by atoms with Crippen molar-refractivity contribution in [2.24, 2.45) is 5.16 Å². The molecule has 3 rings (SSSR count). The fourth-order valence-electron chi connectivity index (χ4n) is 2.12. The summed E-state index contributed by atoms with van der Waals surface area (Å²) in [6.07, 6.45) is 4.11. The van der Waals surface area contributed by atoms with Gasteiger partial charge in [-0.2, -0.15) is 4.39 Å². The Balaban J connectivity index is 1.82. The van der Waals surface area contributed by atoms with E-state index in [0.717, 1.165) is 6.20 Å². The topological polar surface area (TPSA) is 106 Å². The zero-order chi connectivity index (χ0) is 19.9. The van der Waals surface area contributed by atoms with Gasteiger partial charge in [-0.15, -0.1) is 0 Å². The van der Waals surface area contributed by atoms with Crippen LogP contribution in [0.1, 0.15) is 28.7 Å². The maximum atomic E-state index is 13.1. The van der Waals surface area contributed by atoms with Gasteiger partial charge in [0.25, 0.3) is 5.91 Å². The van der Waals surface area contributed by atoms with Gasteiger partial charge in [-0.05, 0) is 13.0 Å². The molecule has 0 aliphatic rings. The highest BCUT2D eigenvalue weighted by Gasteiger charge is 2.18. The first-order valence-electron chi connectivity index (χ1n) is 8.03. The predicted octanol–water partition coefficient (Wildman–Crippen LogP) is 2.83. The van der Waals surface area contributed by atoms with Gasteiger partial charge < -0.3 is 4.84 Å². The number of Topliss-reactive ketones (excluding diaryl/α,β-unsaturated/α-hetero) is 1. The Morgan fingerprint density at radius 2 is 1.82 bits per heavy atom. The number of ketones is 1. The number of carbonyl (C=O) groups is 2. The molecule has 3 aromatic rings. The molecule has 8 nitrogen and oxygen atoms in total. The van der Waals surface area contributed by atoms with Gasteiger partial charge in [0.15, 0.2) is 34.2 Å². The van der Waals surface area contributed by atoms with E-state index in [1.54, 1.807) is 42.7 Å². The maximum absolute atomic E-state index is 13.1. The molecule has 0 unspecified atom stereocenters. The highest BCUT2D eigenvalue weighted by molar-refractivity contribution is 7.14. The number of rotatable bonds is 7. The van der Waals surface area contributed by atoms with Crippen LogP contribution in [0, 0.1) is 5.13 Å². The molecule has 0 aliphatic carbocycles. The Hall–Kier alpha value is -3.53. The Kier molecular flexibility index (Phi) is 6.12. The zero-order valence-corrected chi connectivity index (χ0v) is 15.4. The van der Waals surface area contributed by atoms with E-state index >= 15 is 0 Å². The molecule has 10 heteroatoms. The van der Waals surface area contributed by atoms with Crippen LogP contribution < -0.4 is 5.32 Å². The van der Waals surface area contributed by atoms with E-state index in [0.29, 0.717) is 28.3 Å². The van der Waals surface area contributed by atoms with Crippen LogP contribution in [0.25, 0.3) is 0 Å². The monoisotopic (exact) mass is 399 g/mol. The van der Waals surface area contributed by atoms with Crippen molar-refractivity contribution in [3.05, 3.63) is 71.0 Å². The molecule has 0 spiro atoms. The quantitative estimate of drug-likeness (QED) is 0.372. The summed E-state index contributed by atoms with van der Waals surface area (Å²) in [4.78, 5) is 41.0. The number of thiazole rings is 1. The summed E-state index contributed by atoms with van der Waals surface area (Å²) in [5, 5.41) is 5.91. The first-order valence-corrected chi connectivity index (χ1v) is 8.84. The number of amides is 1. The fourth-order valence-corrected chi connectivity index (χ4v) is 2.65. The lowest BCUT2D eigenvalue weighted by Gasteiger charge is -2.07. The summed E-state index contributed by atoms with van der Waals surface area (Å²) in [7, 11) is 0. The van der Waals surface area contributed by atoms with Crippen molar-refractivity contribution in [3.63, 3.8) is 0 Å². The lowest BCUT2D eigenvalue weighted by atomic mass is 10.1. The summed E-state index contributed by atoms with van der Waals surface area (Å²) < 4.78 is 13.1. The van der Waals surface area contributed by atoms with Gasteiger partial charge in [0.2, 0.25) is 0 Å². The summed E-state index contributed by atoms with van der Waals surface area (Å²) in [6.45, 7) is 1.39. The van der Waals surface area contributed by atoms with Crippen LogP contribution in [-0.2, 0) is 16.2 Å². The molecule has 0 aliphatic heterocycles. The zero-order valence-electron chi connectivity index (χ0n) is 14.6. The Bertz CT molecular complexity index is 1010. The average Bonchev–Trinajstić information content (AvgIpc) is 3.10. The minimum absolute atomic E-state index is 0.0466. The molecule has 2 aromatic heterocycles. The molecule has 142 valence electrons. The van der Waals surface area contributed by atoms with Gasteiger partial charge >= 0.3 is 0 Å². The van der Waals surface area contributed by atoms with Gasteiger partial charge in [-0.25, -0.2) is 15.0 Å². The third kappa shape index (κ3) is 5.01. The number of aromatic nitrogens is 3. The molecule has 0 bridgehead atoms. The van der Waals surface area contributed by atoms with Crippen LogP contribution in [0.2, 0.25) is 0 Å². The van der Waals surface area contributed by atoms with E-state index in [1.807, 2.05) is 0 Å². The van der Waals surface area contributed by atoms with Crippen molar-refractivity contribution in [1.82, 2.24) is 15.0 Å². The number of hydrogen-bond acceptors (Lipinski definition) is 8. The molecule has 1 aromatic carbocycles. The molecule has 1 amide bonds. The van der Waals surface area contributed by atoms with E-state index in [1.165, 1.54) is 6.92 Å². The summed E-state index contributed by atoms with van der Waals surface area (Å²) in [6, 6.07) is 7.95. The molecule has 0 fully saturated rings. The van der Waals surface area contributed by atoms with Crippen LogP contribution in [0.3, 0.4) is 0 Å². The highest BCUT2D eigenvalue weighted by atomic mass is 32.1. The lowest BCUT2D eigenvalue weighted by Crippen LogP contribution is -2.24. The Morgan fingerprint density at radius 3 is 2.43 bits per heavy atom. The maximum Gasteiger partial charge on any atom is 0.280 e. The van der Waals surface area contributed by atoms with E-state index in [-0.39, 0.29) is 23.2 Å². The second-order valence-corrected chi connectivity index (χ2v) is 6.42. The predicted molar refractivity (Wildman–Crippen MR) is 101 cm³/mol. The van der Waals surface area contributed by atoms with Crippen molar-refractivity contribution in [2.45, 2.75) is 13.5 Å². The number of nitrogens with one attached hydrogen (secondary N) is 1. The number of benzene rings is 1. The van der Waals surface area contributed by atoms with Crippen molar-refractivity contribution >= 4 is 33.9 Å². The van der Waals surface area contributed by atoms with Crippen LogP contribution in [0.4, 0.5) is 9.52 Å². The molecule has 0 radical (unpaired) electrons. The Morgan fingerprint density at radius 1 is 1.14 bits per heavy atom. The second kappa shape index (κ2) is 8.91. The molecular weight excluding hydrogens is 385 g/mol. The average molecular weight is 399 g/mol. The van der Waals surface area contributed by atoms with Crippen LogP contribution in [0.5, 0.6) is 0 Å². The number of hydrogen-bond donors (Lipinski definition) is 1. The van der Waals surface area contributed by atoms with E-state index < -0.39 is 11.0 Å². The van der Waals surface area contributed by atoms with Gasteiger partial charge in [0.1, 0.15) is 0 Å². The smallest absolute Gasteiger partial charge is 0.280 e. The third-order valence-electron chi connectivity index (χ3n) is 3.45. The first kappa shape index (κ1) is 19.2. The highest BCUT2D eigenvalue weighted by Crippen LogP contribution is 2.17. The molecule has 0 saturated carbocycles. The van der Waals surface area contributed by atoms with Crippen molar-refractivity contribution in [1.29, 1.82) is 0 Å². The third-order valence-corrected chi connectivity index (χ3v) is 4.15. The molecular formula is C18H14FN5O3S. The number of anilines is 1. The van der Waals surface area contributed by atoms with Crippen LogP contribution in [0.15, 0.2) is 54.1 Å². The van der Waals surface area contributed by atoms with E-state index in [9.17, 15) is 14.0 Å². The Labute approximate surface area is 163 Å². The minimum Gasteiger partial charge on any atom is -0.387 e. The van der Waals surface area contributed by atoms with Gasteiger partial charge in [-0.1, -0.05) is 40.8 Å². The van der Waals surface area contributed by atoms with Crippen LogP contribution in [-0.4, -0.2) is 32.4 Å². The molecule has 0 atom stereocenters. The summed E-state index contributed by atoms with van der Waals surface area (Å²) in [5.41, 5.74) is 0.833. The number of nitrogens with zero attached hydrogens (tertiary/aromatic N) is 4. The van der Waals surface area contributed by atoms with Crippen molar-refractivity contribution < 1.29 is 18.8 Å². The van der Waals surface area contributed by atoms with Crippen LogP contribution >= 0.6 is 11.3 Å². The SMILES string of the molecule is CC(=O)c1ccc(/C(=N/OCc2ncccn2)C(=O)Nc2ncc(F)s2)cc1. The first-order chi connectivity index (χ1) is 13.5. The summed E-state index contributed by atoms with van der Waals surface area (Å²) >= 11 is 0.686. The fraction of sp³-hybridized carbons (Fsp3) is 0.111. The number of halogens is 1. The van der Waals surface area contributed by atoms with Gasteiger partial charge in [-0.3, -0.25) is 14.9 Å². The molecule has 28 heavy (non-hydrogen) atoms. The van der Waals surface area contributed by atoms with Gasteiger partial charge in [0.05, 0.1) is 6.20 Å². The number of oxime groups is 1. The van der Waals surface area contributed by atoms with E-state index in [2.05, 4.69) is 25.4 Å². The van der Waals surface area contributed by atoms with Gasteiger partial charge in [0, 0.05) is 23.5 Å². The van der Waals surface area contributed by atoms with Crippen molar-refractivity contribution in [3.8, 4) is 0 Å². The minimum atomic E-state index is -0.640. The second-order valence-electron chi connectivity index (χ2n) is 5.44. The largest absolute Gasteiger partial charge is 0.387 e.